The number of amides is 1. The van der Waals surface area contributed by atoms with E-state index in [2.05, 4.69) is 77.3 Å². The van der Waals surface area contributed by atoms with Gasteiger partial charge in [-0.1, -0.05) is 66.9 Å². The third-order valence-electron chi connectivity index (χ3n) is 7.87. The molecule has 0 atom stereocenters. The number of aliphatic hydroxyl groups is 1. The van der Waals surface area contributed by atoms with Gasteiger partial charge in [-0.2, -0.15) is 0 Å². The Labute approximate surface area is 206 Å². The van der Waals surface area contributed by atoms with Crippen LogP contribution in [0.1, 0.15) is 101 Å². The standard InChI is InChI=1S/C30H44N2O2/c1-20-26(28(34)31-18-25(33)19-31)16-27(32(20)17-21-11-9-8-10-12-21)22-13-23(29(2,3)4)15-24(14-22)30(5,6)7/h13-16,21,25,33H,8-12,17-19H2,1-7H3. The summed E-state index contributed by atoms with van der Waals surface area (Å²) < 4.78 is 2.42. The van der Waals surface area contributed by atoms with Gasteiger partial charge in [-0.15, -0.1) is 0 Å². The zero-order chi connectivity index (χ0) is 24.8. The maximum atomic E-state index is 13.3. The molecule has 1 amide bonds. The summed E-state index contributed by atoms with van der Waals surface area (Å²) in [5.74, 6) is 0.717. The van der Waals surface area contributed by atoms with E-state index in [-0.39, 0.29) is 22.8 Å². The largest absolute Gasteiger partial charge is 0.389 e. The Bertz CT molecular complexity index is 1010. The first kappa shape index (κ1) is 25.0. The highest BCUT2D eigenvalue weighted by Gasteiger charge is 2.32. The van der Waals surface area contributed by atoms with E-state index >= 15 is 0 Å². The van der Waals surface area contributed by atoms with Crippen molar-refractivity contribution in [2.24, 2.45) is 5.92 Å². The first-order valence-electron chi connectivity index (χ1n) is 13.2. The smallest absolute Gasteiger partial charge is 0.255 e. The predicted octanol–water partition coefficient (Wildman–Crippen LogP) is 6.46. The van der Waals surface area contributed by atoms with E-state index in [1.807, 2.05) is 0 Å². The Hall–Kier alpha value is -2.07. The molecule has 2 heterocycles. The van der Waals surface area contributed by atoms with Crippen LogP contribution >= 0.6 is 0 Å². The van der Waals surface area contributed by atoms with Crippen molar-refractivity contribution in [3.8, 4) is 11.3 Å². The number of likely N-dealkylation sites (tertiary alicyclic amines) is 1. The van der Waals surface area contributed by atoms with Gasteiger partial charge in [0.2, 0.25) is 0 Å². The van der Waals surface area contributed by atoms with Crippen molar-refractivity contribution in [2.75, 3.05) is 13.1 Å². The molecule has 1 N–H and O–H groups in total. The van der Waals surface area contributed by atoms with E-state index in [1.54, 1.807) is 4.90 Å². The van der Waals surface area contributed by atoms with Crippen LogP contribution in [0, 0.1) is 12.8 Å². The summed E-state index contributed by atoms with van der Waals surface area (Å²) in [6.45, 7) is 17.6. The van der Waals surface area contributed by atoms with Crippen LogP contribution in [-0.4, -0.2) is 39.7 Å². The first-order chi connectivity index (χ1) is 15.8. The van der Waals surface area contributed by atoms with Gasteiger partial charge >= 0.3 is 0 Å². The molecule has 186 valence electrons. The van der Waals surface area contributed by atoms with Crippen molar-refractivity contribution in [1.29, 1.82) is 0 Å². The van der Waals surface area contributed by atoms with Crippen molar-refractivity contribution in [1.82, 2.24) is 9.47 Å². The van der Waals surface area contributed by atoms with Gasteiger partial charge in [0.15, 0.2) is 0 Å². The summed E-state index contributed by atoms with van der Waals surface area (Å²) in [4.78, 5) is 15.1. The Morgan fingerprint density at radius 2 is 1.47 bits per heavy atom. The highest BCUT2D eigenvalue weighted by atomic mass is 16.3. The average molecular weight is 465 g/mol. The number of nitrogens with zero attached hydrogens (tertiary/aromatic N) is 2. The van der Waals surface area contributed by atoms with Crippen LogP contribution in [0.25, 0.3) is 11.3 Å². The first-order valence-corrected chi connectivity index (χ1v) is 13.2. The fourth-order valence-electron chi connectivity index (χ4n) is 5.40. The monoisotopic (exact) mass is 464 g/mol. The Kier molecular flexibility index (Phi) is 6.76. The molecule has 4 heteroatoms. The molecule has 1 aromatic heterocycles. The molecule has 1 aliphatic carbocycles. The second-order valence-corrected chi connectivity index (χ2v) is 12.8. The summed E-state index contributed by atoms with van der Waals surface area (Å²) in [5.41, 5.74) is 6.95. The maximum Gasteiger partial charge on any atom is 0.255 e. The van der Waals surface area contributed by atoms with Crippen LogP contribution < -0.4 is 0 Å². The fraction of sp³-hybridized carbons (Fsp3) is 0.633. The highest BCUT2D eigenvalue weighted by molar-refractivity contribution is 5.97. The van der Waals surface area contributed by atoms with Crippen LogP contribution in [0.2, 0.25) is 0 Å². The van der Waals surface area contributed by atoms with Crippen LogP contribution in [-0.2, 0) is 17.4 Å². The van der Waals surface area contributed by atoms with Crippen LogP contribution in [0.5, 0.6) is 0 Å². The predicted molar refractivity (Wildman–Crippen MR) is 140 cm³/mol. The SMILES string of the molecule is Cc1c(C(=O)N2CC(O)C2)cc(-c2cc(C(C)(C)C)cc(C(C)(C)C)c2)n1CC1CCCCC1. The number of rotatable bonds is 4. The maximum absolute atomic E-state index is 13.3. The van der Waals surface area contributed by atoms with Gasteiger partial charge < -0.3 is 14.6 Å². The third kappa shape index (κ3) is 5.12. The van der Waals surface area contributed by atoms with Gasteiger partial charge in [0.1, 0.15) is 0 Å². The van der Waals surface area contributed by atoms with Crippen LogP contribution in [0.15, 0.2) is 24.3 Å². The average Bonchev–Trinajstić information content (AvgIpc) is 3.06. The summed E-state index contributed by atoms with van der Waals surface area (Å²) >= 11 is 0. The van der Waals surface area contributed by atoms with E-state index in [0.29, 0.717) is 19.0 Å². The molecule has 2 fully saturated rings. The fourth-order valence-corrected chi connectivity index (χ4v) is 5.40. The molecule has 0 bridgehead atoms. The minimum Gasteiger partial charge on any atom is -0.389 e. The minimum atomic E-state index is -0.383. The molecule has 0 unspecified atom stereocenters. The van der Waals surface area contributed by atoms with Crippen molar-refractivity contribution >= 4 is 5.91 Å². The lowest BCUT2D eigenvalue weighted by atomic mass is 9.79. The van der Waals surface area contributed by atoms with E-state index in [1.165, 1.54) is 48.8 Å². The molecule has 0 spiro atoms. The zero-order valence-corrected chi connectivity index (χ0v) is 22.4. The Morgan fingerprint density at radius 3 is 1.97 bits per heavy atom. The molecule has 1 aliphatic heterocycles. The number of aliphatic hydroxyl groups excluding tert-OH is 1. The van der Waals surface area contributed by atoms with Gasteiger partial charge in [0.25, 0.3) is 5.91 Å². The molecule has 1 aromatic carbocycles. The minimum absolute atomic E-state index is 0.0399. The lowest BCUT2D eigenvalue weighted by Gasteiger charge is -2.35. The third-order valence-corrected chi connectivity index (χ3v) is 7.87. The van der Waals surface area contributed by atoms with Crippen molar-refractivity contribution in [2.45, 2.75) is 104 Å². The van der Waals surface area contributed by atoms with Gasteiger partial charge in [-0.05, 0) is 71.4 Å². The molecule has 1 saturated carbocycles. The van der Waals surface area contributed by atoms with Crippen molar-refractivity contribution < 1.29 is 9.90 Å². The van der Waals surface area contributed by atoms with E-state index in [4.69, 9.17) is 0 Å². The lowest BCUT2D eigenvalue weighted by Crippen LogP contribution is -2.53. The second kappa shape index (κ2) is 9.18. The quantitative estimate of drug-likeness (QED) is 0.565. The number of hydrogen-bond acceptors (Lipinski definition) is 2. The molecular formula is C30H44N2O2. The summed E-state index contributed by atoms with van der Waals surface area (Å²) in [5, 5.41) is 9.75. The Balaban J connectivity index is 1.83. The van der Waals surface area contributed by atoms with Gasteiger partial charge in [0.05, 0.1) is 11.7 Å². The van der Waals surface area contributed by atoms with Crippen LogP contribution in [0.3, 0.4) is 0 Å². The molecule has 4 nitrogen and oxygen atoms in total. The molecule has 2 aliphatic rings. The summed E-state index contributed by atoms with van der Waals surface area (Å²) in [6, 6.07) is 9.16. The molecule has 1 saturated heterocycles. The number of β-amino-alcohol motifs (C(OH)–C–C–N with tert-alkyl or cyclic N) is 1. The zero-order valence-electron chi connectivity index (χ0n) is 22.4. The number of carbonyl (C=O) groups excluding carboxylic acids is 1. The Morgan fingerprint density at radius 1 is 0.912 bits per heavy atom. The highest BCUT2D eigenvalue weighted by Crippen LogP contribution is 2.37. The van der Waals surface area contributed by atoms with Crippen molar-refractivity contribution in [3.05, 3.63) is 46.6 Å². The number of carbonyl (C=O) groups is 1. The number of hydrogen-bond donors (Lipinski definition) is 1. The molecule has 4 rings (SSSR count). The lowest BCUT2D eigenvalue weighted by molar-refractivity contribution is 0.00583. The number of benzene rings is 1. The molecule has 34 heavy (non-hydrogen) atoms. The van der Waals surface area contributed by atoms with E-state index < -0.39 is 0 Å². The van der Waals surface area contributed by atoms with E-state index in [0.717, 1.165) is 23.5 Å². The summed E-state index contributed by atoms with van der Waals surface area (Å²) in [6.07, 6.45) is 6.13. The van der Waals surface area contributed by atoms with Crippen LogP contribution in [0.4, 0.5) is 0 Å². The van der Waals surface area contributed by atoms with E-state index in [9.17, 15) is 9.90 Å². The summed E-state index contributed by atoms with van der Waals surface area (Å²) in [7, 11) is 0. The molecule has 0 radical (unpaired) electrons. The van der Waals surface area contributed by atoms with Gasteiger partial charge in [-0.3, -0.25) is 4.79 Å². The number of aromatic nitrogens is 1. The molecular weight excluding hydrogens is 420 g/mol. The second-order valence-electron chi connectivity index (χ2n) is 12.8. The normalized spacial score (nSPS) is 18.3. The van der Waals surface area contributed by atoms with Crippen molar-refractivity contribution in [3.63, 3.8) is 0 Å². The van der Waals surface area contributed by atoms with Gasteiger partial charge in [-0.25, -0.2) is 0 Å². The topological polar surface area (TPSA) is 45.5 Å². The van der Waals surface area contributed by atoms with Gasteiger partial charge in [0, 0.05) is 31.0 Å². The molecule has 2 aromatic rings.